The van der Waals surface area contributed by atoms with Gasteiger partial charge in [0.2, 0.25) is 0 Å². The van der Waals surface area contributed by atoms with Crippen LogP contribution in [0.5, 0.6) is 5.75 Å². The number of methoxy groups -OCH3 is 1. The number of aryl methyl sites for hydroxylation is 1. The second-order valence-corrected chi connectivity index (χ2v) is 10.2. The minimum atomic E-state index is -0.436. The van der Waals surface area contributed by atoms with Crippen LogP contribution >= 0.6 is 11.6 Å². The fraction of sp³-hybridized carbons (Fsp3) is 0.321. The zero-order chi connectivity index (χ0) is 26.6. The molecule has 3 heterocycles. The number of anilines is 1. The Hall–Kier alpha value is -3.98. The Kier molecular flexibility index (Phi) is 6.03. The summed E-state index contributed by atoms with van der Waals surface area (Å²) in [5.74, 6) is 1.72. The molecule has 2 aromatic carbocycles. The zero-order valence-electron chi connectivity index (χ0n) is 21.5. The van der Waals surface area contributed by atoms with Crippen molar-refractivity contribution in [2.75, 3.05) is 12.8 Å². The number of rotatable bonds is 5. The topological polar surface area (TPSA) is 114 Å². The van der Waals surface area contributed by atoms with Gasteiger partial charge in [-0.25, -0.2) is 19.6 Å². The lowest BCUT2D eigenvalue weighted by Gasteiger charge is -2.23. The Labute approximate surface area is 224 Å². The van der Waals surface area contributed by atoms with Crippen LogP contribution in [0.4, 0.5) is 5.82 Å². The first-order chi connectivity index (χ1) is 18.4. The molecule has 0 aliphatic heterocycles. The molecule has 38 heavy (non-hydrogen) atoms. The van der Waals surface area contributed by atoms with Crippen LogP contribution in [0.15, 0.2) is 47.5 Å². The average Bonchev–Trinajstić information content (AvgIpc) is 3.58. The van der Waals surface area contributed by atoms with Gasteiger partial charge in [-0.15, -0.1) is 0 Å². The average molecular weight is 530 g/mol. The molecule has 9 nitrogen and oxygen atoms in total. The van der Waals surface area contributed by atoms with E-state index >= 15 is 0 Å². The molecule has 1 aliphatic carbocycles. The molecule has 3 aromatic heterocycles. The molecule has 0 amide bonds. The number of nitrogen functional groups attached to an aromatic ring is 1. The highest BCUT2D eigenvalue weighted by molar-refractivity contribution is 6.35. The summed E-state index contributed by atoms with van der Waals surface area (Å²) in [6, 6.07) is 10.8. The van der Waals surface area contributed by atoms with Gasteiger partial charge >= 0.3 is 0 Å². The molecule has 0 saturated heterocycles. The highest BCUT2D eigenvalue weighted by atomic mass is 35.5. The van der Waals surface area contributed by atoms with Crippen molar-refractivity contribution in [1.29, 1.82) is 0 Å². The van der Waals surface area contributed by atoms with Gasteiger partial charge in [0, 0.05) is 11.6 Å². The molecule has 6 rings (SSSR count). The van der Waals surface area contributed by atoms with Gasteiger partial charge in [-0.2, -0.15) is 5.10 Å². The van der Waals surface area contributed by atoms with Crippen LogP contribution in [-0.2, 0) is 0 Å². The summed E-state index contributed by atoms with van der Waals surface area (Å²) in [6.45, 7) is 3.96. The summed E-state index contributed by atoms with van der Waals surface area (Å²) in [5, 5.41) is 6.61. The number of ether oxygens (including phenoxy) is 1. The summed E-state index contributed by atoms with van der Waals surface area (Å²) >= 11 is 6.52. The Bertz CT molecular complexity index is 1750. The van der Waals surface area contributed by atoms with E-state index in [0.29, 0.717) is 44.3 Å². The quantitative estimate of drug-likeness (QED) is 0.320. The van der Waals surface area contributed by atoms with Crippen molar-refractivity contribution < 1.29 is 4.74 Å². The number of nitrogens with zero attached hydrogens (tertiary/aromatic N) is 6. The maximum atomic E-state index is 13.8. The van der Waals surface area contributed by atoms with E-state index in [1.54, 1.807) is 30.0 Å². The van der Waals surface area contributed by atoms with Gasteiger partial charge in [0.1, 0.15) is 35.5 Å². The predicted molar refractivity (Wildman–Crippen MR) is 149 cm³/mol. The zero-order valence-corrected chi connectivity index (χ0v) is 22.2. The second kappa shape index (κ2) is 9.40. The van der Waals surface area contributed by atoms with Gasteiger partial charge in [-0.3, -0.25) is 9.36 Å². The van der Waals surface area contributed by atoms with Gasteiger partial charge in [0.05, 0.1) is 28.4 Å². The van der Waals surface area contributed by atoms with Gasteiger partial charge in [0.15, 0.2) is 5.65 Å². The van der Waals surface area contributed by atoms with Crippen LogP contribution in [0.1, 0.15) is 56.1 Å². The molecular formula is C28H28ClN7O2. The lowest BCUT2D eigenvalue weighted by Crippen LogP contribution is -2.31. The Balaban J connectivity index is 1.60. The van der Waals surface area contributed by atoms with Crippen LogP contribution < -0.4 is 16.0 Å². The van der Waals surface area contributed by atoms with Crippen molar-refractivity contribution in [2.45, 2.75) is 51.6 Å². The number of fused-ring (bicyclic) bond motifs is 2. The first-order valence-corrected chi connectivity index (χ1v) is 13.1. The molecule has 5 aromatic rings. The Morgan fingerprint density at radius 3 is 2.68 bits per heavy atom. The monoisotopic (exact) mass is 529 g/mol. The minimum absolute atomic E-state index is 0.0704. The van der Waals surface area contributed by atoms with E-state index in [4.69, 9.17) is 32.2 Å². The van der Waals surface area contributed by atoms with Crippen molar-refractivity contribution in [2.24, 2.45) is 0 Å². The number of aromatic nitrogens is 6. The number of hydrogen-bond donors (Lipinski definition) is 1. The second-order valence-electron chi connectivity index (χ2n) is 9.83. The normalized spacial score (nSPS) is 14.9. The lowest BCUT2D eigenvalue weighted by atomic mass is 10.1. The summed E-state index contributed by atoms with van der Waals surface area (Å²) in [4.78, 5) is 27.6. The third-order valence-corrected chi connectivity index (χ3v) is 7.83. The smallest absolute Gasteiger partial charge is 0.261 e. The molecule has 0 radical (unpaired) electrons. The molecule has 1 aliphatic rings. The molecular weight excluding hydrogens is 502 g/mol. The fourth-order valence-corrected chi connectivity index (χ4v) is 5.83. The number of hydrogen-bond acceptors (Lipinski definition) is 7. The molecule has 0 bridgehead atoms. The van der Waals surface area contributed by atoms with Crippen LogP contribution in [0.2, 0.25) is 5.02 Å². The van der Waals surface area contributed by atoms with Crippen LogP contribution in [0, 0.1) is 6.92 Å². The third kappa shape index (κ3) is 3.80. The molecule has 1 atom stereocenters. The standard InChI is InChI=1S/C28H28ClN7O2/c1-15-13-17(11-12-21(15)38-3)23-22-25(30)31-14-32-27(22)36(34-23)16(2)26-33-24-19(9-6-10-20(24)29)28(37)35(26)18-7-4-5-8-18/h6,9-14,16,18H,4-5,7-8H2,1-3H3,(H2,30,31,32). The molecule has 1 fully saturated rings. The van der Waals surface area contributed by atoms with E-state index in [2.05, 4.69) is 9.97 Å². The third-order valence-electron chi connectivity index (χ3n) is 7.53. The maximum absolute atomic E-state index is 13.8. The molecule has 1 saturated carbocycles. The Morgan fingerprint density at radius 1 is 1.16 bits per heavy atom. The summed E-state index contributed by atoms with van der Waals surface area (Å²) < 4.78 is 9.08. The van der Waals surface area contributed by atoms with Crippen LogP contribution in [-0.4, -0.2) is 36.4 Å². The van der Waals surface area contributed by atoms with Crippen molar-refractivity contribution in [3.05, 3.63) is 69.5 Å². The predicted octanol–water partition coefficient (Wildman–Crippen LogP) is 5.48. The Morgan fingerprint density at radius 2 is 1.95 bits per heavy atom. The number of nitrogens with two attached hydrogens (primary N) is 1. The highest BCUT2D eigenvalue weighted by Gasteiger charge is 2.29. The molecule has 0 spiro atoms. The van der Waals surface area contributed by atoms with Crippen molar-refractivity contribution in [1.82, 2.24) is 29.3 Å². The SMILES string of the molecule is COc1ccc(-c2nn(C(C)c3nc4c(Cl)cccc4c(=O)n3C3CCCC3)c3ncnc(N)c23)cc1C. The van der Waals surface area contributed by atoms with Gasteiger partial charge in [-0.05, 0) is 62.6 Å². The molecule has 2 N–H and O–H groups in total. The van der Waals surface area contributed by atoms with Crippen LogP contribution in [0.25, 0.3) is 33.2 Å². The first kappa shape index (κ1) is 24.4. The van der Waals surface area contributed by atoms with Crippen LogP contribution in [0.3, 0.4) is 0 Å². The lowest BCUT2D eigenvalue weighted by molar-refractivity contribution is 0.412. The summed E-state index contributed by atoms with van der Waals surface area (Å²) in [7, 11) is 1.65. The van der Waals surface area contributed by atoms with E-state index in [9.17, 15) is 4.79 Å². The van der Waals surface area contributed by atoms with Crippen molar-refractivity contribution >= 4 is 39.4 Å². The van der Waals surface area contributed by atoms with E-state index in [1.807, 2.05) is 36.6 Å². The first-order valence-electron chi connectivity index (χ1n) is 12.7. The maximum Gasteiger partial charge on any atom is 0.261 e. The van der Waals surface area contributed by atoms with E-state index in [1.165, 1.54) is 6.33 Å². The largest absolute Gasteiger partial charge is 0.496 e. The van der Waals surface area contributed by atoms with E-state index in [-0.39, 0.29) is 11.6 Å². The summed E-state index contributed by atoms with van der Waals surface area (Å²) in [6.07, 6.45) is 5.44. The number of halogens is 1. The molecule has 10 heteroatoms. The fourth-order valence-electron chi connectivity index (χ4n) is 5.62. The summed E-state index contributed by atoms with van der Waals surface area (Å²) in [5.41, 5.74) is 9.84. The van der Waals surface area contributed by atoms with Gasteiger partial charge in [-0.1, -0.05) is 30.5 Å². The highest BCUT2D eigenvalue weighted by Crippen LogP contribution is 2.36. The van der Waals surface area contributed by atoms with E-state index in [0.717, 1.165) is 42.6 Å². The molecule has 1 unspecified atom stereocenters. The minimum Gasteiger partial charge on any atom is -0.496 e. The number of benzene rings is 2. The van der Waals surface area contributed by atoms with Crippen molar-refractivity contribution in [3.63, 3.8) is 0 Å². The van der Waals surface area contributed by atoms with Gasteiger partial charge < -0.3 is 10.5 Å². The number of para-hydroxylation sites is 1. The molecule has 194 valence electrons. The van der Waals surface area contributed by atoms with Crippen molar-refractivity contribution in [3.8, 4) is 17.0 Å². The van der Waals surface area contributed by atoms with E-state index < -0.39 is 6.04 Å². The van der Waals surface area contributed by atoms with Gasteiger partial charge in [0.25, 0.3) is 5.56 Å².